The van der Waals surface area contributed by atoms with Crippen LogP contribution in [0.2, 0.25) is 13.9 Å². The minimum absolute atomic E-state index is 0.0938. The van der Waals surface area contributed by atoms with E-state index in [2.05, 4.69) is 52.8 Å². The molecule has 2 aromatic carbocycles. The third kappa shape index (κ3) is 4.29. The molecule has 5 heteroatoms. The Labute approximate surface area is 172 Å². The number of benzene rings is 2. The SMILES string of the molecule is CCC(C)(C)c1ccc2c(c1)N=Cc1cc(Cl)ccc1[O][Sn]([CH2]C)([CH2]C)[O]2. The van der Waals surface area contributed by atoms with E-state index in [-0.39, 0.29) is 5.41 Å². The Morgan fingerprint density at radius 1 is 0.963 bits per heavy atom. The topological polar surface area (TPSA) is 30.8 Å². The fourth-order valence-electron chi connectivity index (χ4n) is 3.14. The van der Waals surface area contributed by atoms with Gasteiger partial charge < -0.3 is 0 Å². The molecule has 3 nitrogen and oxygen atoms in total. The Morgan fingerprint density at radius 3 is 2.30 bits per heavy atom. The van der Waals surface area contributed by atoms with Crippen LogP contribution in [0.3, 0.4) is 0 Å². The molecule has 1 aliphatic rings. The summed E-state index contributed by atoms with van der Waals surface area (Å²) >= 11 is 2.88. The fraction of sp³-hybridized carbons (Fsp3) is 0.409. The molecule has 0 saturated heterocycles. The summed E-state index contributed by atoms with van der Waals surface area (Å²) in [6.45, 7) is 11.1. The number of fused-ring (bicyclic) bond motifs is 2. The fourth-order valence-corrected chi connectivity index (χ4v) is 9.83. The standard InChI is InChI=1S/C18H20ClNO2.2C2H5.Sn/c1-4-18(2,3)13-5-7-17(22)15(10-13)20-11-12-9-14(19)6-8-16(12)21;2*1-2;/h5-11,21-22H,4H2,1-3H3;2*1H2,2H3;/q;;;+2/p-2. The zero-order valence-electron chi connectivity index (χ0n) is 16.8. The van der Waals surface area contributed by atoms with Gasteiger partial charge in [0.05, 0.1) is 0 Å². The molecule has 27 heavy (non-hydrogen) atoms. The van der Waals surface area contributed by atoms with Crippen LogP contribution in [0.5, 0.6) is 11.5 Å². The first-order valence-corrected chi connectivity index (χ1v) is 16.4. The van der Waals surface area contributed by atoms with Crippen LogP contribution in [-0.4, -0.2) is 25.4 Å². The second-order valence-electron chi connectivity index (χ2n) is 7.68. The van der Waals surface area contributed by atoms with Gasteiger partial charge in [0.2, 0.25) is 0 Å². The first-order valence-electron chi connectivity index (χ1n) is 9.68. The molecule has 0 radical (unpaired) electrons. The Kier molecular flexibility index (Phi) is 6.11. The van der Waals surface area contributed by atoms with Crippen LogP contribution in [0.25, 0.3) is 0 Å². The van der Waals surface area contributed by atoms with Crippen molar-refractivity contribution in [2.24, 2.45) is 4.99 Å². The normalized spacial score (nSPS) is 15.5. The summed E-state index contributed by atoms with van der Waals surface area (Å²) in [5.74, 6) is 1.66. The molecule has 0 aliphatic carbocycles. The molecule has 3 rings (SSSR count). The summed E-state index contributed by atoms with van der Waals surface area (Å²) in [5.41, 5.74) is 3.14. The molecular weight excluding hydrogens is 464 g/mol. The van der Waals surface area contributed by atoms with Gasteiger partial charge in [0.15, 0.2) is 0 Å². The number of halogens is 1. The van der Waals surface area contributed by atoms with Crippen molar-refractivity contribution in [2.75, 3.05) is 0 Å². The number of aliphatic imine (C=N–C) groups is 1. The van der Waals surface area contributed by atoms with E-state index in [0.29, 0.717) is 5.02 Å². The molecule has 0 N–H and O–H groups in total. The van der Waals surface area contributed by atoms with Crippen molar-refractivity contribution in [3.8, 4) is 11.5 Å². The Hall–Kier alpha value is -1.20. The van der Waals surface area contributed by atoms with E-state index in [0.717, 1.165) is 38.0 Å². The van der Waals surface area contributed by atoms with E-state index in [1.165, 1.54) is 5.56 Å². The van der Waals surface area contributed by atoms with Gasteiger partial charge >= 0.3 is 173 Å². The van der Waals surface area contributed by atoms with Crippen molar-refractivity contribution in [3.63, 3.8) is 0 Å². The summed E-state index contributed by atoms with van der Waals surface area (Å²) < 4.78 is 15.1. The Bertz CT molecular complexity index is 859. The molecule has 0 spiro atoms. The summed E-state index contributed by atoms with van der Waals surface area (Å²) in [6, 6.07) is 12.1. The molecule has 0 fully saturated rings. The molecule has 0 bridgehead atoms. The monoisotopic (exact) mass is 493 g/mol. The van der Waals surface area contributed by atoms with Crippen molar-refractivity contribution in [1.82, 2.24) is 0 Å². The molecule has 0 aromatic heterocycles. The van der Waals surface area contributed by atoms with Gasteiger partial charge in [-0.15, -0.1) is 0 Å². The van der Waals surface area contributed by atoms with Gasteiger partial charge in [0.25, 0.3) is 0 Å². The molecular formula is C22H28ClNO2Sn. The third-order valence-electron chi connectivity index (χ3n) is 5.61. The van der Waals surface area contributed by atoms with Crippen LogP contribution in [-0.2, 0) is 5.41 Å². The van der Waals surface area contributed by atoms with Gasteiger partial charge in [0, 0.05) is 0 Å². The van der Waals surface area contributed by atoms with Gasteiger partial charge in [0.1, 0.15) is 0 Å². The van der Waals surface area contributed by atoms with Crippen LogP contribution in [0.15, 0.2) is 41.4 Å². The molecule has 2 aromatic rings. The maximum absolute atomic E-state index is 6.63. The number of nitrogens with zero attached hydrogens (tertiary/aromatic N) is 1. The third-order valence-corrected chi connectivity index (χ3v) is 15.4. The van der Waals surface area contributed by atoms with Gasteiger partial charge in [-0.1, -0.05) is 0 Å². The predicted molar refractivity (Wildman–Crippen MR) is 116 cm³/mol. The second-order valence-corrected chi connectivity index (χ2v) is 18.5. The average Bonchev–Trinajstić information content (AvgIpc) is 2.73. The van der Waals surface area contributed by atoms with Gasteiger partial charge in [-0.25, -0.2) is 0 Å². The van der Waals surface area contributed by atoms with Crippen LogP contribution in [0.1, 0.15) is 52.2 Å². The second kappa shape index (κ2) is 8.04. The molecule has 1 heterocycles. The van der Waals surface area contributed by atoms with E-state index in [9.17, 15) is 0 Å². The average molecular weight is 493 g/mol. The van der Waals surface area contributed by atoms with Crippen LogP contribution in [0.4, 0.5) is 5.69 Å². The maximum atomic E-state index is 6.63. The Morgan fingerprint density at radius 2 is 1.63 bits per heavy atom. The van der Waals surface area contributed by atoms with Crippen molar-refractivity contribution >= 4 is 42.7 Å². The van der Waals surface area contributed by atoms with E-state index in [1.807, 2.05) is 24.4 Å². The number of hydrogen-bond acceptors (Lipinski definition) is 3. The van der Waals surface area contributed by atoms with Crippen LogP contribution >= 0.6 is 11.6 Å². The predicted octanol–water partition coefficient (Wildman–Crippen LogP) is 7.03. The zero-order valence-corrected chi connectivity index (χ0v) is 20.4. The van der Waals surface area contributed by atoms with E-state index in [1.54, 1.807) is 0 Å². The molecule has 0 unspecified atom stereocenters. The molecule has 0 amide bonds. The molecule has 0 atom stereocenters. The first kappa shape index (κ1) is 20.5. The van der Waals surface area contributed by atoms with Crippen molar-refractivity contribution in [2.45, 2.75) is 55.3 Å². The molecule has 144 valence electrons. The Balaban J connectivity index is 2.18. The summed E-state index contributed by atoms with van der Waals surface area (Å²) in [6.07, 6.45) is 2.91. The summed E-state index contributed by atoms with van der Waals surface area (Å²) in [7, 11) is 0. The van der Waals surface area contributed by atoms with Gasteiger partial charge in [-0.3, -0.25) is 0 Å². The molecule has 1 aliphatic heterocycles. The summed E-state index contributed by atoms with van der Waals surface area (Å²) in [4.78, 5) is 4.78. The quantitative estimate of drug-likeness (QED) is 0.429. The summed E-state index contributed by atoms with van der Waals surface area (Å²) in [5, 5.41) is 0.679. The van der Waals surface area contributed by atoms with E-state index in [4.69, 9.17) is 22.7 Å². The van der Waals surface area contributed by atoms with Crippen LogP contribution in [0, 0.1) is 0 Å². The first-order chi connectivity index (χ1) is 12.8. The van der Waals surface area contributed by atoms with Gasteiger partial charge in [-0.05, 0) is 0 Å². The van der Waals surface area contributed by atoms with Crippen molar-refractivity contribution in [3.05, 3.63) is 52.5 Å². The van der Waals surface area contributed by atoms with Crippen molar-refractivity contribution in [1.29, 1.82) is 0 Å². The number of rotatable bonds is 4. The van der Waals surface area contributed by atoms with E-state index < -0.39 is 19.2 Å². The van der Waals surface area contributed by atoms with E-state index >= 15 is 0 Å². The van der Waals surface area contributed by atoms with Crippen LogP contribution < -0.4 is 6.15 Å². The van der Waals surface area contributed by atoms with Crippen molar-refractivity contribution < 1.29 is 6.15 Å². The van der Waals surface area contributed by atoms with Gasteiger partial charge in [-0.2, -0.15) is 0 Å². The zero-order chi connectivity index (χ0) is 19.7. The minimum atomic E-state index is -3.34. The molecule has 0 saturated carbocycles. The number of hydrogen-bond donors (Lipinski definition) is 0.